The van der Waals surface area contributed by atoms with Gasteiger partial charge in [0, 0.05) is 17.8 Å². The first kappa shape index (κ1) is 25.8. The van der Waals surface area contributed by atoms with Crippen LogP contribution in [0.2, 0.25) is 5.02 Å². The molecule has 2 rings (SSSR count). The average molecular weight is 476 g/mol. The zero-order valence-electron chi connectivity index (χ0n) is 19.0. The Morgan fingerprint density at radius 2 is 1.73 bits per heavy atom. The quantitative estimate of drug-likeness (QED) is 0.334. The standard InChI is InChI=1S/C23H26ClN3O6/c1-12(2)20(26-22(29)17-9-8-16(27(31)32)11-18(17)24)23(30)33-15(5)21(28)25-19-10-13(3)6-7-14(19)4/h6-12,15,20H,1-5H3,(H,25,28)(H,26,29)/t15?,20-/m0/s1. The Hall–Kier alpha value is -3.46. The van der Waals surface area contributed by atoms with E-state index in [1.165, 1.54) is 13.0 Å². The van der Waals surface area contributed by atoms with Crippen molar-refractivity contribution in [1.82, 2.24) is 5.32 Å². The van der Waals surface area contributed by atoms with Crippen molar-refractivity contribution in [3.63, 3.8) is 0 Å². The molecule has 0 aliphatic rings. The summed E-state index contributed by atoms with van der Waals surface area (Å²) >= 11 is 6.00. The van der Waals surface area contributed by atoms with E-state index in [1.54, 1.807) is 13.8 Å². The van der Waals surface area contributed by atoms with Gasteiger partial charge in [0.25, 0.3) is 17.5 Å². The van der Waals surface area contributed by atoms with Crippen molar-refractivity contribution >= 4 is 40.8 Å². The Kier molecular flexibility index (Phi) is 8.53. The van der Waals surface area contributed by atoms with Gasteiger partial charge >= 0.3 is 5.97 Å². The molecule has 2 atom stereocenters. The molecule has 2 amide bonds. The molecule has 0 spiro atoms. The summed E-state index contributed by atoms with van der Waals surface area (Å²) < 4.78 is 5.31. The number of carbonyl (C=O) groups is 3. The van der Waals surface area contributed by atoms with Crippen LogP contribution in [-0.4, -0.2) is 34.9 Å². The number of halogens is 1. The van der Waals surface area contributed by atoms with E-state index in [-0.39, 0.29) is 22.2 Å². The topological polar surface area (TPSA) is 128 Å². The fraction of sp³-hybridized carbons (Fsp3) is 0.348. The van der Waals surface area contributed by atoms with Gasteiger partial charge < -0.3 is 15.4 Å². The molecule has 0 aliphatic carbocycles. The number of ether oxygens (including phenoxy) is 1. The predicted octanol–water partition coefficient (Wildman–Crippen LogP) is 4.19. The van der Waals surface area contributed by atoms with E-state index in [1.807, 2.05) is 32.0 Å². The molecule has 176 valence electrons. The largest absolute Gasteiger partial charge is 0.451 e. The Labute approximate surface area is 196 Å². The summed E-state index contributed by atoms with van der Waals surface area (Å²) in [6.45, 7) is 8.57. The monoisotopic (exact) mass is 475 g/mol. The number of hydrogen-bond acceptors (Lipinski definition) is 6. The molecule has 0 fully saturated rings. The van der Waals surface area contributed by atoms with Gasteiger partial charge in [0.15, 0.2) is 6.10 Å². The maximum atomic E-state index is 12.7. The highest BCUT2D eigenvalue weighted by Gasteiger charge is 2.30. The number of nitro groups is 1. The van der Waals surface area contributed by atoms with Crippen LogP contribution in [0, 0.1) is 29.9 Å². The van der Waals surface area contributed by atoms with Gasteiger partial charge in [-0.25, -0.2) is 4.79 Å². The van der Waals surface area contributed by atoms with Gasteiger partial charge in [0.2, 0.25) is 0 Å². The van der Waals surface area contributed by atoms with Gasteiger partial charge in [-0.15, -0.1) is 0 Å². The molecule has 2 aromatic carbocycles. The van der Waals surface area contributed by atoms with Crippen molar-refractivity contribution in [2.75, 3.05) is 5.32 Å². The third kappa shape index (κ3) is 6.76. The summed E-state index contributed by atoms with van der Waals surface area (Å²) in [5, 5.41) is 16.0. The van der Waals surface area contributed by atoms with Crippen molar-refractivity contribution in [3.05, 3.63) is 68.2 Å². The van der Waals surface area contributed by atoms with Gasteiger partial charge in [-0.2, -0.15) is 0 Å². The lowest BCUT2D eigenvalue weighted by atomic mass is 10.0. The molecule has 0 saturated heterocycles. The molecular formula is C23H26ClN3O6. The van der Waals surface area contributed by atoms with E-state index in [2.05, 4.69) is 10.6 Å². The molecule has 9 nitrogen and oxygen atoms in total. The van der Waals surface area contributed by atoms with Gasteiger partial charge in [-0.05, 0) is 49.9 Å². The molecule has 0 bridgehead atoms. The average Bonchev–Trinajstić information content (AvgIpc) is 2.73. The second-order valence-corrected chi connectivity index (χ2v) is 8.41. The van der Waals surface area contributed by atoms with Crippen LogP contribution in [-0.2, 0) is 14.3 Å². The second-order valence-electron chi connectivity index (χ2n) is 8.00. The van der Waals surface area contributed by atoms with Crippen molar-refractivity contribution in [1.29, 1.82) is 0 Å². The summed E-state index contributed by atoms with van der Waals surface area (Å²) in [5.74, 6) is -2.37. The minimum absolute atomic E-state index is 0.0265. The van der Waals surface area contributed by atoms with Crippen LogP contribution in [0.4, 0.5) is 11.4 Å². The van der Waals surface area contributed by atoms with Crippen molar-refractivity contribution in [2.45, 2.75) is 46.8 Å². The van der Waals surface area contributed by atoms with Crippen LogP contribution in [0.15, 0.2) is 36.4 Å². The minimum atomic E-state index is -1.11. The lowest BCUT2D eigenvalue weighted by Crippen LogP contribution is -2.47. The van der Waals surface area contributed by atoms with E-state index >= 15 is 0 Å². The number of aryl methyl sites for hydroxylation is 2. The summed E-state index contributed by atoms with van der Waals surface area (Å²) in [7, 11) is 0. The predicted molar refractivity (Wildman–Crippen MR) is 124 cm³/mol. The lowest BCUT2D eigenvalue weighted by molar-refractivity contribution is -0.384. The highest BCUT2D eigenvalue weighted by atomic mass is 35.5. The summed E-state index contributed by atoms with van der Waals surface area (Å²) in [6.07, 6.45) is -1.11. The number of nitrogens with one attached hydrogen (secondary N) is 2. The van der Waals surface area contributed by atoms with Crippen molar-refractivity contribution in [2.24, 2.45) is 5.92 Å². The third-order valence-corrected chi connectivity index (χ3v) is 5.24. The summed E-state index contributed by atoms with van der Waals surface area (Å²) in [4.78, 5) is 48.1. The van der Waals surface area contributed by atoms with Crippen LogP contribution < -0.4 is 10.6 Å². The molecule has 0 aromatic heterocycles. The third-order valence-electron chi connectivity index (χ3n) is 4.93. The smallest absolute Gasteiger partial charge is 0.329 e. The molecule has 33 heavy (non-hydrogen) atoms. The molecular weight excluding hydrogens is 450 g/mol. The Balaban J connectivity index is 2.08. The number of amides is 2. The molecule has 0 aliphatic heterocycles. The number of nitrogens with zero attached hydrogens (tertiary/aromatic N) is 1. The zero-order valence-corrected chi connectivity index (χ0v) is 19.7. The van der Waals surface area contributed by atoms with Crippen LogP contribution >= 0.6 is 11.6 Å². The first-order valence-corrected chi connectivity index (χ1v) is 10.6. The van der Waals surface area contributed by atoms with Crippen LogP contribution in [0.5, 0.6) is 0 Å². The second kappa shape index (κ2) is 10.9. The molecule has 0 radical (unpaired) electrons. The number of benzene rings is 2. The summed E-state index contributed by atoms with van der Waals surface area (Å²) in [5.41, 5.74) is 2.15. The Morgan fingerprint density at radius 1 is 1.06 bits per heavy atom. The highest BCUT2D eigenvalue weighted by Crippen LogP contribution is 2.23. The molecule has 10 heteroatoms. The van der Waals surface area contributed by atoms with Gasteiger partial charge in [-0.3, -0.25) is 19.7 Å². The minimum Gasteiger partial charge on any atom is -0.451 e. The number of anilines is 1. The number of carbonyl (C=O) groups excluding carboxylic acids is 3. The zero-order chi connectivity index (χ0) is 24.9. The van der Waals surface area contributed by atoms with Crippen molar-refractivity contribution in [3.8, 4) is 0 Å². The molecule has 2 aromatic rings. The first-order chi connectivity index (χ1) is 15.4. The fourth-order valence-corrected chi connectivity index (χ4v) is 3.19. The number of esters is 1. The molecule has 0 heterocycles. The number of non-ortho nitro benzene ring substituents is 1. The van der Waals surface area contributed by atoms with Crippen LogP contribution in [0.1, 0.15) is 42.3 Å². The van der Waals surface area contributed by atoms with Crippen molar-refractivity contribution < 1.29 is 24.0 Å². The highest BCUT2D eigenvalue weighted by molar-refractivity contribution is 6.34. The lowest BCUT2D eigenvalue weighted by Gasteiger charge is -2.23. The van der Waals surface area contributed by atoms with Gasteiger partial charge in [0.05, 0.1) is 15.5 Å². The number of rotatable bonds is 8. The first-order valence-electron chi connectivity index (χ1n) is 10.2. The van der Waals surface area contributed by atoms with E-state index in [0.29, 0.717) is 5.69 Å². The van der Waals surface area contributed by atoms with E-state index in [0.717, 1.165) is 23.3 Å². The normalized spacial score (nSPS) is 12.6. The van der Waals surface area contributed by atoms with Crippen LogP contribution in [0.3, 0.4) is 0 Å². The Morgan fingerprint density at radius 3 is 2.30 bits per heavy atom. The molecule has 2 N–H and O–H groups in total. The number of hydrogen-bond donors (Lipinski definition) is 2. The van der Waals surface area contributed by atoms with E-state index in [9.17, 15) is 24.5 Å². The Bertz CT molecular complexity index is 1090. The number of nitro benzene ring substituents is 1. The molecule has 1 unspecified atom stereocenters. The maximum absolute atomic E-state index is 12.7. The van der Waals surface area contributed by atoms with Gasteiger partial charge in [0.1, 0.15) is 6.04 Å². The van der Waals surface area contributed by atoms with Crippen LogP contribution in [0.25, 0.3) is 0 Å². The van der Waals surface area contributed by atoms with E-state index < -0.39 is 34.9 Å². The maximum Gasteiger partial charge on any atom is 0.329 e. The fourth-order valence-electron chi connectivity index (χ4n) is 2.92. The SMILES string of the molecule is Cc1ccc(C)c(NC(=O)C(C)OC(=O)[C@@H](NC(=O)c2ccc([N+](=O)[O-])cc2Cl)C(C)C)c1. The summed E-state index contributed by atoms with van der Waals surface area (Å²) in [6, 6.07) is 7.93. The van der Waals surface area contributed by atoms with E-state index in [4.69, 9.17) is 16.3 Å². The van der Waals surface area contributed by atoms with Gasteiger partial charge in [-0.1, -0.05) is 37.6 Å². The molecule has 0 saturated carbocycles.